The van der Waals surface area contributed by atoms with Crippen molar-refractivity contribution in [1.82, 2.24) is 19.3 Å². The lowest BCUT2D eigenvalue weighted by Gasteiger charge is -2.33. The fourth-order valence-corrected chi connectivity index (χ4v) is 4.33. The quantitative estimate of drug-likeness (QED) is 0.751. The molecule has 1 N–H and O–H groups in total. The standard InChI is InChI=1S/C18H18N4O/c1-21-9-14-15(20-21)7-6-13(18(14)23)17-12-5-3-2-4-11(12)16-8-19-10-22(16)17/h2-5,8-10,13,17-18,23H,6-7H2,1H3/t13-,17-,18-/m1/s1. The van der Waals surface area contributed by atoms with Crippen molar-refractivity contribution in [3.05, 3.63) is 59.8 Å². The van der Waals surface area contributed by atoms with Gasteiger partial charge in [0.25, 0.3) is 0 Å². The molecular formula is C18H18N4O. The van der Waals surface area contributed by atoms with Crippen molar-refractivity contribution < 1.29 is 5.11 Å². The molecule has 0 bridgehead atoms. The van der Waals surface area contributed by atoms with Gasteiger partial charge >= 0.3 is 0 Å². The number of hydrogen-bond acceptors (Lipinski definition) is 3. The Morgan fingerprint density at radius 3 is 3.00 bits per heavy atom. The second-order valence-corrected chi connectivity index (χ2v) is 6.57. The fourth-order valence-electron chi connectivity index (χ4n) is 4.33. The Morgan fingerprint density at radius 2 is 2.09 bits per heavy atom. The smallest absolute Gasteiger partial charge is 0.0956 e. The van der Waals surface area contributed by atoms with E-state index in [1.165, 1.54) is 11.1 Å². The number of benzene rings is 1. The number of aryl methyl sites for hydroxylation is 2. The molecule has 1 aliphatic carbocycles. The molecule has 116 valence electrons. The lowest BCUT2D eigenvalue weighted by atomic mass is 9.78. The van der Waals surface area contributed by atoms with Crippen LogP contribution in [0.15, 0.2) is 43.0 Å². The fraction of sp³-hybridized carbons (Fsp3) is 0.333. The van der Waals surface area contributed by atoms with Gasteiger partial charge in [0.1, 0.15) is 0 Å². The predicted molar refractivity (Wildman–Crippen MR) is 85.8 cm³/mol. The molecule has 0 spiro atoms. The number of aromatic nitrogens is 4. The highest BCUT2D eigenvalue weighted by molar-refractivity contribution is 5.69. The molecule has 1 aliphatic heterocycles. The SMILES string of the molecule is Cn1cc2c(n1)CC[C@H]([C@H]1c3ccccc3-c3cncn31)[C@H]2O. The molecule has 2 aromatic heterocycles. The third kappa shape index (κ3) is 1.71. The second-order valence-electron chi connectivity index (χ2n) is 6.57. The Balaban J connectivity index is 1.63. The summed E-state index contributed by atoms with van der Waals surface area (Å²) in [4.78, 5) is 4.33. The third-order valence-corrected chi connectivity index (χ3v) is 5.30. The van der Waals surface area contributed by atoms with E-state index in [2.05, 4.69) is 38.9 Å². The Bertz CT molecular complexity index is 894. The zero-order valence-corrected chi connectivity index (χ0v) is 12.9. The van der Waals surface area contributed by atoms with Crippen molar-refractivity contribution >= 4 is 0 Å². The maximum atomic E-state index is 11.0. The lowest BCUT2D eigenvalue weighted by Crippen LogP contribution is -2.28. The maximum Gasteiger partial charge on any atom is 0.0956 e. The molecule has 3 aromatic rings. The van der Waals surface area contributed by atoms with Gasteiger partial charge < -0.3 is 9.67 Å². The van der Waals surface area contributed by atoms with E-state index in [4.69, 9.17) is 0 Å². The van der Waals surface area contributed by atoms with E-state index < -0.39 is 6.10 Å². The van der Waals surface area contributed by atoms with Crippen molar-refractivity contribution in [3.8, 4) is 11.3 Å². The Hall–Kier alpha value is -2.40. The van der Waals surface area contributed by atoms with Crippen LogP contribution in [-0.2, 0) is 13.5 Å². The lowest BCUT2D eigenvalue weighted by molar-refractivity contribution is 0.0718. The van der Waals surface area contributed by atoms with E-state index in [9.17, 15) is 5.11 Å². The minimum absolute atomic E-state index is 0.142. The van der Waals surface area contributed by atoms with Crippen LogP contribution in [0.25, 0.3) is 11.3 Å². The average Bonchev–Trinajstić information content (AvgIpc) is 3.22. The molecule has 0 radical (unpaired) electrons. The van der Waals surface area contributed by atoms with E-state index in [1.807, 2.05) is 30.5 Å². The van der Waals surface area contributed by atoms with Crippen LogP contribution in [0.2, 0.25) is 0 Å². The normalized spacial score (nSPS) is 25.0. The summed E-state index contributed by atoms with van der Waals surface area (Å²) in [6, 6.07) is 8.62. The molecule has 5 heteroatoms. The molecule has 23 heavy (non-hydrogen) atoms. The van der Waals surface area contributed by atoms with Crippen molar-refractivity contribution in [1.29, 1.82) is 0 Å². The molecule has 1 aromatic carbocycles. The summed E-state index contributed by atoms with van der Waals surface area (Å²) >= 11 is 0. The predicted octanol–water partition coefficient (Wildman–Crippen LogP) is 2.48. The summed E-state index contributed by atoms with van der Waals surface area (Å²) in [5.74, 6) is 0.142. The van der Waals surface area contributed by atoms with E-state index in [1.54, 1.807) is 0 Å². The molecule has 0 amide bonds. The summed E-state index contributed by atoms with van der Waals surface area (Å²) in [6.07, 6.45) is 7.14. The first-order chi connectivity index (χ1) is 11.2. The van der Waals surface area contributed by atoms with Crippen molar-refractivity contribution in [2.24, 2.45) is 13.0 Å². The van der Waals surface area contributed by atoms with Crippen LogP contribution in [-0.4, -0.2) is 24.4 Å². The minimum Gasteiger partial charge on any atom is -0.388 e. The summed E-state index contributed by atoms with van der Waals surface area (Å²) in [5.41, 5.74) is 5.69. The molecule has 5 rings (SSSR count). The summed E-state index contributed by atoms with van der Waals surface area (Å²) in [5, 5.41) is 15.5. The van der Waals surface area contributed by atoms with Crippen LogP contribution in [0.3, 0.4) is 0 Å². The number of hydrogen-bond donors (Lipinski definition) is 1. The van der Waals surface area contributed by atoms with Crippen LogP contribution >= 0.6 is 0 Å². The second kappa shape index (κ2) is 4.55. The molecular weight excluding hydrogens is 288 g/mol. The van der Waals surface area contributed by atoms with Crippen LogP contribution in [0, 0.1) is 5.92 Å². The van der Waals surface area contributed by atoms with Gasteiger partial charge in [0.2, 0.25) is 0 Å². The molecule has 0 saturated carbocycles. The Morgan fingerprint density at radius 1 is 1.22 bits per heavy atom. The van der Waals surface area contributed by atoms with Crippen LogP contribution in [0.5, 0.6) is 0 Å². The first-order valence-electron chi connectivity index (χ1n) is 8.05. The van der Waals surface area contributed by atoms with Crippen LogP contribution < -0.4 is 0 Å². The van der Waals surface area contributed by atoms with Crippen molar-refractivity contribution in [2.45, 2.75) is 25.0 Å². The number of fused-ring (bicyclic) bond motifs is 4. The average molecular weight is 306 g/mol. The zero-order valence-electron chi connectivity index (χ0n) is 12.9. The molecule has 0 unspecified atom stereocenters. The summed E-state index contributed by atoms with van der Waals surface area (Å²) in [6.45, 7) is 0. The van der Waals surface area contributed by atoms with E-state index in [0.717, 1.165) is 29.8 Å². The molecule has 0 saturated heterocycles. The first kappa shape index (κ1) is 13.1. The molecule has 3 heterocycles. The molecule has 2 aliphatic rings. The Kier molecular flexibility index (Phi) is 2.59. The van der Waals surface area contributed by atoms with Gasteiger partial charge in [-0.05, 0) is 18.4 Å². The van der Waals surface area contributed by atoms with Gasteiger partial charge in [-0.2, -0.15) is 5.10 Å². The van der Waals surface area contributed by atoms with Crippen LogP contribution in [0.1, 0.15) is 35.4 Å². The van der Waals surface area contributed by atoms with Gasteiger partial charge in [-0.15, -0.1) is 0 Å². The molecule has 0 fully saturated rings. The van der Waals surface area contributed by atoms with E-state index in [-0.39, 0.29) is 12.0 Å². The third-order valence-electron chi connectivity index (χ3n) is 5.30. The Labute approximate surface area is 134 Å². The largest absolute Gasteiger partial charge is 0.388 e. The summed E-state index contributed by atoms with van der Waals surface area (Å²) in [7, 11) is 1.92. The van der Waals surface area contributed by atoms with Gasteiger partial charge in [0.15, 0.2) is 0 Å². The van der Waals surface area contributed by atoms with E-state index in [0.29, 0.717) is 0 Å². The minimum atomic E-state index is -0.487. The van der Waals surface area contributed by atoms with Gasteiger partial charge in [0.05, 0.1) is 36.1 Å². The number of rotatable bonds is 1. The summed E-state index contributed by atoms with van der Waals surface area (Å²) < 4.78 is 4.03. The topological polar surface area (TPSA) is 55.9 Å². The molecule has 3 atom stereocenters. The van der Waals surface area contributed by atoms with Crippen molar-refractivity contribution in [3.63, 3.8) is 0 Å². The number of aliphatic hydroxyl groups excluding tert-OH is 1. The number of aliphatic hydroxyl groups is 1. The van der Waals surface area contributed by atoms with Crippen molar-refractivity contribution in [2.75, 3.05) is 0 Å². The van der Waals surface area contributed by atoms with Gasteiger partial charge in [0, 0.05) is 30.3 Å². The van der Waals surface area contributed by atoms with Crippen LogP contribution in [0.4, 0.5) is 0 Å². The highest BCUT2D eigenvalue weighted by atomic mass is 16.3. The maximum absolute atomic E-state index is 11.0. The van der Waals surface area contributed by atoms with Gasteiger partial charge in [-0.1, -0.05) is 24.3 Å². The zero-order chi connectivity index (χ0) is 15.6. The highest BCUT2D eigenvalue weighted by Gasteiger charge is 2.41. The number of imidazole rings is 1. The van der Waals surface area contributed by atoms with Gasteiger partial charge in [-0.25, -0.2) is 4.98 Å². The highest BCUT2D eigenvalue weighted by Crippen LogP contribution is 2.49. The molecule has 5 nitrogen and oxygen atoms in total. The first-order valence-corrected chi connectivity index (χ1v) is 8.05. The van der Waals surface area contributed by atoms with Gasteiger partial charge in [-0.3, -0.25) is 4.68 Å². The van der Waals surface area contributed by atoms with E-state index >= 15 is 0 Å². The number of nitrogens with zero attached hydrogens (tertiary/aromatic N) is 4. The monoisotopic (exact) mass is 306 g/mol.